The highest BCUT2D eigenvalue weighted by atomic mass is 32.2. The van der Waals surface area contributed by atoms with Crippen LogP contribution in [0.4, 0.5) is 5.69 Å². The molecule has 0 radical (unpaired) electrons. The standard InChI is InChI=1S/C17H19NO4S/c1-2-3-13-22-17(19)15-11-7-8-12-16(15)18-23(20,21)14-9-5-4-6-10-14/h4-12,18H,2-3,13H2,1H3. The lowest BCUT2D eigenvalue weighted by Crippen LogP contribution is -2.16. The number of esters is 1. The van der Waals surface area contributed by atoms with Crippen LogP contribution in [-0.4, -0.2) is 21.0 Å². The molecule has 0 aliphatic carbocycles. The van der Waals surface area contributed by atoms with Crippen molar-refractivity contribution in [2.45, 2.75) is 24.7 Å². The van der Waals surface area contributed by atoms with Gasteiger partial charge in [-0.15, -0.1) is 0 Å². The number of unbranched alkanes of at least 4 members (excludes halogenated alkanes) is 1. The summed E-state index contributed by atoms with van der Waals surface area (Å²) in [6, 6.07) is 14.4. The van der Waals surface area contributed by atoms with E-state index in [1.165, 1.54) is 24.3 Å². The Morgan fingerprint density at radius 1 is 1.04 bits per heavy atom. The van der Waals surface area contributed by atoms with Gasteiger partial charge in [0, 0.05) is 0 Å². The van der Waals surface area contributed by atoms with Gasteiger partial charge in [-0.25, -0.2) is 13.2 Å². The molecule has 1 N–H and O–H groups in total. The van der Waals surface area contributed by atoms with Crippen LogP contribution in [0.15, 0.2) is 59.5 Å². The summed E-state index contributed by atoms with van der Waals surface area (Å²) in [5.41, 5.74) is 0.404. The van der Waals surface area contributed by atoms with E-state index >= 15 is 0 Å². The van der Waals surface area contributed by atoms with Crippen LogP contribution in [0.2, 0.25) is 0 Å². The van der Waals surface area contributed by atoms with E-state index in [0.717, 1.165) is 12.8 Å². The third-order valence-electron chi connectivity index (χ3n) is 3.18. The highest BCUT2D eigenvalue weighted by Crippen LogP contribution is 2.21. The molecule has 2 aromatic rings. The molecule has 23 heavy (non-hydrogen) atoms. The first-order chi connectivity index (χ1) is 11.0. The molecular weight excluding hydrogens is 314 g/mol. The zero-order chi connectivity index (χ0) is 16.7. The van der Waals surface area contributed by atoms with E-state index in [-0.39, 0.29) is 16.1 Å². The van der Waals surface area contributed by atoms with E-state index in [4.69, 9.17) is 4.74 Å². The van der Waals surface area contributed by atoms with Gasteiger partial charge in [-0.2, -0.15) is 0 Å². The quantitative estimate of drug-likeness (QED) is 0.622. The maximum atomic E-state index is 12.4. The van der Waals surface area contributed by atoms with Crippen molar-refractivity contribution in [2.24, 2.45) is 0 Å². The average Bonchev–Trinajstić information content (AvgIpc) is 2.56. The van der Waals surface area contributed by atoms with Gasteiger partial charge in [0.25, 0.3) is 10.0 Å². The number of nitrogens with one attached hydrogen (secondary N) is 1. The van der Waals surface area contributed by atoms with Crippen LogP contribution in [0.1, 0.15) is 30.1 Å². The van der Waals surface area contributed by atoms with E-state index in [1.54, 1.807) is 30.3 Å². The lowest BCUT2D eigenvalue weighted by molar-refractivity contribution is 0.0501. The predicted molar refractivity (Wildman–Crippen MR) is 88.9 cm³/mol. The summed E-state index contributed by atoms with van der Waals surface area (Å²) in [5, 5.41) is 0. The molecular formula is C17H19NO4S. The van der Waals surface area contributed by atoms with Crippen LogP contribution in [0.25, 0.3) is 0 Å². The van der Waals surface area contributed by atoms with Crippen molar-refractivity contribution in [3.05, 3.63) is 60.2 Å². The SMILES string of the molecule is CCCCOC(=O)c1ccccc1NS(=O)(=O)c1ccccc1. The first kappa shape index (κ1) is 17.0. The first-order valence-corrected chi connectivity index (χ1v) is 8.87. The summed E-state index contributed by atoms with van der Waals surface area (Å²) in [6.45, 7) is 2.31. The Morgan fingerprint density at radius 3 is 2.39 bits per heavy atom. The fourth-order valence-corrected chi connectivity index (χ4v) is 3.04. The fraction of sp³-hybridized carbons (Fsp3) is 0.235. The van der Waals surface area contributed by atoms with E-state index in [2.05, 4.69) is 4.72 Å². The van der Waals surface area contributed by atoms with Gasteiger partial charge in [0.2, 0.25) is 0 Å². The normalized spacial score (nSPS) is 11.0. The Morgan fingerprint density at radius 2 is 1.70 bits per heavy atom. The number of hydrogen-bond donors (Lipinski definition) is 1. The second-order valence-corrected chi connectivity index (χ2v) is 6.64. The zero-order valence-corrected chi connectivity index (χ0v) is 13.7. The van der Waals surface area contributed by atoms with Gasteiger partial charge in [-0.05, 0) is 30.7 Å². The molecule has 0 aliphatic rings. The summed E-state index contributed by atoms with van der Waals surface area (Å²) in [5.74, 6) is -0.537. The fourth-order valence-electron chi connectivity index (χ4n) is 1.94. The minimum Gasteiger partial charge on any atom is -0.462 e. The van der Waals surface area contributed by atoms with Crippen LogP contribution in [0, 0.1) is 0 Å². The molecule has 122 valence electrons. The largest absolute Gasteiger partial charge is 0.462 e. The van der Waals surface area contributed by atoms with Gasteiger partial charge in [-0.1, -0.05) is 43.7 Å². The van der Waals surface area contributed by atoms with E-state index in [1.807, 2.05) is 6.92 Å². The smallest absolute Gasteiger partial charge is 0.340 e. The molecule has 0 aromatic heterocycles. The molecule has 2 rings (SSSR count). The van der Waals surface area contributed by atoms with Crippen LogP contribution < -0.4 is 4.72 Å². The maximum absolute atomic E-state index is 12.4. The topological polar surface area (TPSA) is 72.5 Å². The van der Waals surface area contributed by atoms with Crippen LogP contribution >= 0.6 is 0 Å². The molecule has 0 unspecified atom stereocenters. The molecule has 0 saturated carbocycles. The lowest BCUT2D eigenvalue weighted by atomic mass is 10.2. The van der Waals surface area contributed by atoms with Crippen molar-refractivity contribution >= 4 is 21.7 Å². The Labute approximate surface area is 136 Å². The minimum atomic E-state index is -3.75. The maximum Gasteiger partial charge on any atom is 0.340 e. The van der Waals surface area contributed by atoms with Crippen LogP contribution in [-0.2, 0) is 14.8 Å². The molecule has 0 atom stereocenters. The molecule has 0 saturated heterocycles. The third-order valence-corrected chi connectivity index (χ3v) is 4.56. The van der Waals surface area contributed by atoms with Crippen molar-refractivity contribution < 1.29 is 17.9 Å². The molecule has 0 amide bonds. The van der Waals surface area contributed by atoms with Gasteiger partial charge in [0.05, 0.1) is 22.8 Å². The summed E-state index contributed by atoms with van der Waals surface area (Å²) in [6.07, 6.45) is 1.68. The summed E-state index contributed by atoms with van der Waals surface area (Å²) in [4.78, 5) is 12.2. The lowest BCUT2D eigenvalue weighted by Gasteiger charge is -2.12. The van der Waals surface area contributed by atoms with Gasteiger partial charge in [0.1, 0.15) is 0 Å². The monoisotopic (exact) mass is 333 g/mol. The molecule has 0 aliphatic heterocycles. The zero-order valence-electron chi connectivity index (χ0n) is 12.9. The Hall–Kier alpha value is -2.34. The van der Waals surface area contributed by atoms with E-state index in [0.29, 0.717) is 6.61 Å². The predicted octanol–water partition coefficient (Wildman–Crippen LogP) is 3.44. The number of carbonyl (C=O) groups is 1. The number of ether oxygens (including phenoxy) is 1. The van der Waals surface area contributed by atoms with Gasteiger partial charge in [-0.3, -0.25) is 4.72 Å². The van der Waals surface area contributed by atoms with E-state index < -0.39 is 16.0 Å². The second kappa shape index (κ2) is 7.78. The third kappa shape index (κ3) is 4.56. The van der Waals surface area contributed by atoms with Gasteiger partial charge >= 0.3 is 5.97 Å². The van der Waals surface area contributed by atoms with Gasteiger partial charge in [0.15, 0.2) is 0 Å². The molecule has 2 aromatic carbocycles. The second-order valence-electron chi connectivity index (χ2n) is 4.95. The van der Waals surface area contributed by atoms with Crippen molar-refractivity contribution in [3.63, 3.8) is 0 Å². The van der Waals surface area contributed by atoms with Crippen molar-refractivity contribution in [3.8, 4) is 0 Å². The summed E-state index contributed by atoms with van der Waals surface area (Å²) < 4.78 is 32.3. The van der Waals surface area contributed by atoms with Gasteiger partial charge < -0.3 is 4.74 Å². The van der Waals surface area contributed by atoms with Crippen molar-refractivity contribution in [1.82, 2.24) is 0 Å². The number of sulfonamides is 1. The summed E-state index contributed by atoms with van der Waals surface area (Å²) >= 11 is 0. The Kier molecular flexibility index (Phi) is 5.76. The average molecular weight is 333 g/mol. The minimum absolute atomic E-state index is 0.133. The molecule has 6 heteroatoms. The Bertz CT molecular complexity index is 757. The number of anilines is 1. The molecule has 0 spiro atoms. The number of carbonyl (C=O) groups excluding carboxylic acids is 1. The highest BCUT2D eigenvalue weighted by Gasteiger charge is 2.18. The number of rotatable bonds is 7. The first-order valence-electron chi connectivity index (χ1n) is 7.38. The number of benzene rings is 2. The highest BCUT2D eigenvalue weighted by molar-refractivity contribution is 7.92. The van der Waals surface area contributed by atoms with Crippen LogP contribution in [0.3, 0.4) is 0 Å². The summed E-state index contributed by atoms with van der Waals surface area (Å²) in [7, 11) is -3.75. The molecule has 5 nitrogen and oxygen atoms in total. The van der Waals surface area contributed by atoms with Crippen molar-refractivity contribution in [1.29, 1.82) is 0 Å². The molecule has 0 bridgehead atoms. The number of para-hydroxylation sites is 1. The molecule has 0 fully saturated rings. The van der Waals surface area contributed by atoms with Crippen molar-refractivity contribution in [2.75, 3.05) is 11.3 Å². The van der Waals surface area contributed by atoms with E-state index in [9.17, 15) is 13.2 Å². The molecule has 0 heterocycles. The Balaban J connectivity index is 2.22. The van der Waals surface area contributed by atoms with Crippen LogP contribution in [0.5, 0.6) is 0 Å². The number of hydrogen-bond acceptors (Lipinski definition) is 4.